The van der Waals surface area contributed by atoms with Gasteiger partial charge in [0.1, 0.15) is 5.75 Å². The molecular formula is C13H12F3IO3. The zero-order valence-electron chi connectivity index (χ0n) is 10.7. The zero-order chi connectivity index (χ0) is 15.7. The van der Waals surface area contributed by atoms with Gasteiger partial charge in [-0.15, -0.1) is 0 Å². The van der Waals surface area contributed by atoms with Crippen molar-refractivity contribution in [3.8, 4) is 5.75 Å². The molecule has 0 radical (unpaired) electrons. The van der Waals surface area contributed by atoms with Crippen molar-refractivity contribution >= 4 is 28.6 Å². The number of benzene rings is 1. The Morgan fingerprint density at radius 3 is 2.35 bits per heavy atom. The molecule has 0 aliphatic rings. The fraction of sp³-hybridized carbons (Fsp3) is 0.308. The largest absolute Gasteiger partial charge is 0.507 e. The van der Waals surface area contributed by atoms with E-state index >= 15 is 0 Å². The second-order valence-corrected chi connectivity index (χ2v) is 5.53. The minimum absolute atomic E-state index is 0.131. The van der Waals surface area contributed by atoms with Crippen LogP contribution in [0.15, 0.2) is 30.4 Å². The summed E-state index contributed by atoms with van der Waals surface area (Å²) in [5, 5.41) is 9.37. The molecule has 7 heteroatoms. The van der Waals surface area contributed by atoms with E-state index in [1.807, 2.05) is 0 Å². The fourth-order valence-corrected chi connectivity index (χ4v) is 1.87. The van der Waals surface area contributed by atoms with Crippen molar-refractivity contribution in [1.82, 2.24) is 0 Å². The van der Waals surface area contributed by atoms with Crippen LogP contribution in [0.2, 0.25) is 0 Å². The lowest BCUT2D eigenvalue weighted by atomic mass is 9.94. The van der Waals surface area contributed by atoms with Gasteiger partial charge in [-0.25, -0.2) is 4.79 Å². The van der Waals surface area contributed by atoms with E-state index in [1.165, 1.54) is 6.92 Å². The summed E-state index contributed by atoms with van der Waals surface area (Å²) in [6.07, 6.45) is -4.81. The van der Waals surface area contributed by atoms with E-state index in [9.17, 15) is 23.1 Å². The molecule has 1 aromatic carbocycles. The maximum Gasteiger partial charge on any atom is 0.432 e. The number of phenolic OH excluding ortho intramolecular Hbond substituents is 1. The van der Waals surface area contributed by atoms with Crippen molar-refractivity contribution in [3.05, 3.63) is 39.5 Å². The highest BCUT2D eigenvalue weighted by molar-refractivity contribution is 14.1. The Morgan fingerprint density at radius 1 is 1.40 bits per heavy atom. The lowest BCUT2D eigenvalue weighted by Crippen LogP contribution is -2.43. The fourth-order valence-electron chi connectivity index (χ4n) is 1.36. The number of rotatable bonds is 3. The average molecular weight is 400 g/mol. The van der Waals surface area contributed by atoms with E-state index in [4.69, 9.17) is 0 Å². The Hall–Kier alpha value is -1.25. The monoisotopic (exact) mass is 400 g/mol. The number of hydrogen-bond donors (Lipinski definition) is 1. The molecule has 1 aromatic rings. The van der Waals surface area contributed by atoms with Gasteiger partial charge in [0.2, 0.25) is 5.60 Å². The average Bonchev–Trinajstić information content (AvgIpc) is 2.30. The predicted octanol–water partition coefficient (Wildman–Crippen LogP) is 3.89. The van der Waals surface area contributed by atoms with Gasteiger partial charge in [-0.3, -0.25) is 0 Å². The van der Waals surface area contributed by atoms with Gasteiger partial charge in [0.05, 0.1) is 3.57 Å². The van der Waals surface area contributed by atoms with Crippen LogP contribution in [0.4, 0.5) is 13.2 Å². The smallest absolute Gasteiger partial charge is 0.432 e. The van der Waals surface area contributed by atoms with E-state index < -0.39 is 17.7 Å². The number of carbonyl (C=O) groups is 1. The van der Waals surface area contributed by atoms with Crippen LogP contribution in [0.3, 0.4) is 0 Å². The number of esters is 1. The van der Waals surface area contributed by atoms with Crippen LogP contribution in [0.1, 0.15) is 19.4 Å². The number of carbonyl (C=O) groups excluding carboxylic acids is 1. The van der Waals surface area contributed by atoms with Gasteiger partial charge >= 0.3 is 12.1 Å². The molecule has 0 bridgehead atoms. The van der Waals surface area contributed by atoms with Crippen LogP contribution in [0.25, 0.3) is 0 Å². The van der Waals surface area contributed by atoms with Crippen molar-refractivity contribution in [2.75, 3.05) is 0 Å². The Morgan fingerprint density at radius 2 is 1.95 bits per heavy atom. The molecule has 1 N–H and O–H groups in total. The summed E-state index contributed by atoms with van der Waals surface area (Å²) in [5.74, 6) is -1.28. The van der Waals surface area contributed by atoms with Gasteiger partial charge in [-0.05, 0) is 48.6 Å². The Bertz CT molecular complexity index is 554. The molecule has 0 heterocycles. The molecule has 1 rings (SSSR count). The Labute approximate surface area is 127 Å². The second kappa shape index (κ2) is 5.63. The summed E-state index contributed by atoms with van der Waals surface area (Å²) < 4.78 is 44.6. The first-order valence-electron chi connectivity index (χ1n) is 5.43. The van der Waals surface area contributed by atoms with E-state index in [-0.39, 0.29) is 20.5 Å². The summed E-state index contributed by atoms with van der Waals surface area (Å²) in [4.78, 5) is 11.5. The molecule has 110 valence electrons. The summed E-state index contributed by atoms with van der Waals surface area (Å²) in [7, 11) is 0. The van der Waals surface area contributed by atoms with Crippen LogP contribution < -0.4 is 0 Å². The van der Waals surface area contributed by atoms with Crippen molar-refractivity contribution in [2.45, 2.75) is 25.6 Å². The summed E-state index contributed by atoms with van der Waals surface area (Å²) in [6, 6.07) is 3.31. The van der Waals surface area contributed by atoms with Gasteiger partial charge in [0.25, 0.3) is 0 Å². The molecule has 3 nitrogen and oxygen atoms in total. The zero-order valence-corrected chi connectivity index (χ0v) is 12.9. The Kier molecular flexibility index (Phi) is 4.73. The topological polar surface area (TPSA) is 46.5 Å². The molecule has 0 aromatic heterocycles. The number of alkyl halides is 3. The first kappa shape index (κ1) is 16.8. The maximum atomic E-state index is 13.3. The van der Waals surface area contributed by atoms with Crippen LogP contribution in [-0.4, -0.2) is 17.3 Å². The molecule has 20 heavy (non-hydrogen) atoms. The molecular weight excluding hydrogens is 388 g/mol. The van der Waals surface area contributed by atoms with Gasteiger partial charge in [-0.2, -0.15) is 13.2 Å². The minimum atomic E-state index is -4.81. The highest BCUT2D eigenvalue weighted by Crippen LogP contribution is 2.43. The third-order valence-electron chi connectivity index (χ3n) is 2.68. The molecule has 1 atom stereocenters. The molecule has 0 amide bonds. The molecule has 0 saturated heterocycles. The highest BCUT2D eigenvalue weighted by Gasteiger charge is 2.56. The van der Waals surface area contributed by atoms with E-state index in [1.54, 1.807) is 22.6 Å². The molecule has 0 spiro atoms. The van der Waals surface area contributed by atoms with Crippen LogP contribution in [0, 0.1) is 3.57 Å². The predicted molar refractivity (Wildman–Crippen MR) is 75.1 cm³/mol. The number of hydrogen-bond acceptors (Lipinski definition) is 3. The van der Waals surface area contributed by atoms with Gasteiger partial charge in [0.15, 0.2) is 0 Å². The number of halogens is 4. The van der Waals surface area contributed by atoms with E-state index in [0.29, 0.717) is 0 Å². The highest BCUT2D eigenvalue weighted by atomic mass is 127. The maximum absolute atomic E-state index is 13.3. The van der Waals surface area contributed by atoms with E-state index in [0.717, 1.165) is 25.1 Å². The number of phenols is 1. The van der Waals surface area contributed by atoms with Gasteiger partial charge in [0, 0.05) is 11.1 Å². The van der Waals surface area contributed by atoms with Crippen LogP contribution >= 0.6 is 22.6 Å². The first-order valence-corrected chi connectivity index (χ1v) is 6.51. The van der Waals surface area contributed by atoms with Crippen LogP contribution in [0.5, 0.6) is 5.75 Å². The van der Waals surface area contributed by atoms with Crippen molar-refractivity contribution in [1.29, 1.82) is 0 Å². The molecule has 0 aliphatic heterocycles. The number of aromatic hydroxyl groups is 1. The van der Waals surface area contributed by atoms with E-state index in [2.05, 4.69) is 11.3 Å². The van der Waals surface area contributed by atoms with Crippen molar-refractivity contribution in [2.24, 2.45) is 0 Å². The third-order valence-corrected chi connectivity index (χ3v) is 3.55. The van der Waals surface area contributed by atoms with Gasteiger partial charge in [-0.1, -0.05) is 12.6 Å². The summed E-state index contributed by atoms with van der Waals surface area (Å²) in [5.41, 5.74) is -3.22. The lowest BCUT2D eigenvalue weighted by molar-refractivity contribution is -0.268. The quantitative estimate of drug-likeness (QED) is 0.476. The summed E-state index contributed by atoms with van der Waals surface area (Å²) in [6.45, 7) is 5.29. The standard InChI is InChI=1S/C13H12F3IO3/c1-7(2)11(19)20-12(3,13(14,15)16)8-4-5-10(18)9(17)6-8/h4-6,18H,1H2,2-3H3. The molecule has 0 aliphatic carbocycles. The summed E-state index contributed by atoms with van der Waals surface area (Å²) >= 11 is 1.69. The molecule has 0 fully saturated rings. The minimum Gasteiger partial charge on any atom is -0.507 e. The number of ether oxygens (including phenoxy) is 1. The Balaban J connectivity index is 3.35. The van der Waals surface area contributed by atoms with Gasteiger partial charge < -0.3 is 9.84 Å². The lowest BCUT2D eigenvalue weighted by Gasteiger charge is -2.32. The SMILES string of the molecule is C=C(C)C(=O)OC(C)(c1ccc(O)c(I)c1)C(F)(F)F. The van der Waals surface area contributed by atoms with Crippen molar-refractivity contribution < 1.29 is 27.8 Å². The molecule has 1 unspecified atom stereocenters. The van der Waals surface area contributed by atoms with Crippen molar-refractivity contribution in [3.63, 3.8) is 0 Å². The normalized spacial score (nSPS) is 14.5. The van der Waals surface area contributed by atoms with Crippen LogP contribution in [-0.2, 0) is 15.1 Å². The third kappa shape index (κ3) is 3.25. The molecule has 0 saturated carbocycles. The second-order valence-electron chi connectivity index (χ2n) is 4.37. The first-order chi connectivity index (χ1) is 8.99.